The Hall–Kier alpha value is -2.58. The number of carbonyl (C=O) groups excluding carboxylic acids is 2. The number of hydrogen-bond acceptors (Lipinski definition) is 6. The van der Waals surface area contributed by atoms with Crippen molar-refractivity contribution in [2.24, 2.45) is 0 Å². The fourth-order valence-electron chi connectivity index (χ4n) is 4.14. The van der Waals surface area contributed by atoms with E-state index < -0.39 is 17.7 Å². The largest absolute Gasteiger partial charge is 0.507 e. The molecule has 2 aliphatic heterocycles. The maximum absolute atomic E-state index is 13.1. The summed E-state index contributed by atoms with van der Waals surface area (Å²) in [4.78, 5) is 29.9. The summed E-state index contributed by atoms with van der Waals surface area (Å²) in [6.07, 6.45) is 0. The summed E-state index contributed by atoms with van der Waals surface area (Å²) in [6.45, 7) is 3.63. The van der Waals surface area contributed by atoms with Crippen LogP contribution in [0.1, 0.15) is 17.2 Å². The molecule has 1 amide bonds. The van der Waals surface area contributed by atoms with Gasteiger partial charge in [0.2, 0.25) is 0 Å². The minimum atomic E-state index is -0.835. The van der Waals surface area contributed by atoms with E-state index in [4.69, 9.17) is 32.7 Å². The average molecular weight is 491 g/mol. The summed E-state index contributed by atoms with van der Waals surface area (Å²) in [7, 11) is 1.54. The molecule has 0 aromatic heterocycles. The van der Waals surface area contributed by atoms with Crippen LogP contribution < -0.4 is 4.74 Å². The fourth-order valence-corrected chi connectivity index (χ4v) is 4.65. The van der Waals surface area contributed by atoms with E-state index in [9.17, 15) is 14.7 Å². The lowest BCUT2D eigenvalue weighted by Gasteiger charge is -2.31. The van der Waals surface area contributed by atoms with Gasteiger partial charge in [0.25, 0.3) is 11.7 Å². The molecule has 4 rings (SSSR count). The summed E-state index contributed by atoms with van der Waals surface area (Å²) in [5.74, 6) is -1.08. The van der Waals surface area contributed by atoms with Crippen LogP contribution in [-0.2, 0) is 14.3 Å². The van der Waals surface area contributed by atoms with Crippen molar-refractivity contribution in [3.63, 3.8) is 0 Å². The predicted octanol–water partition coefficient (Wildman–Crippen LogP) is 3.76. The van der Waals surface area contributed by atoms with Crippen molar-refractivity contribution in [3.8, 4) is 5.75 Å². The fraction of sp³-hybridized carbons (Fsp3) is 0.333. The Bertz CT molecular complexity index is 1080. The van der Waals surface area contributed by atoms with Gasteiger partial charge in [-0.05, 0) is 42.0 Å². The highest BCUT2D eigenvalue weighted by Gasteiger charge is 2.46. The first-order chi connectivity index (χ1) is 15.9. The Kier molecular flexibility index (Phi) is 7.24. The Labute approximate surface area is 202 Å². The minimum Gasteiger partial charge on any atom is -0.507 e. The van der Waals surface area contributed by atoms with Gasteiger partial charge in [-0.25, -0.2) is 0 Å². The number of carbonyl (C=O) groups is 2. The molecule has 0 spiro atoms. The molecule has 0 saturated carbocycles. The first-order valence-corrected chi connectivity index (χ1v) is 11.3. The van der Waals surface area contributed by atoms with Crippen LogP contribution in [0.4, 0.5) is 0 Å². The number of methoxy groups -OCH3 is 1. The second-order valence-corrected chi connectivity index (χ2v) is 8.68. The van der Waals surface area contributed by atoms with E-state index in [1.807, 2.05) is 0 Å². The van der Waals surface area contributed by atoms with Crippen molar-refractivity contribution in [2.45, 2.75) is 6.04 Å². The maximum Gasteiger partial charge on any atom is 0.295 e. The van der Waals surface area contributed by atoms with Crippen molar-refractivity contribution < 1.29 is 24.2 Å². The Morgan fingerprint density at radius 1 is 1.09 bits per heavy atom. The highest BCUT2D eigenvalue weighted by atomic mass is 35.5. The number of likely N-dealkylation sites (tertiary alicyclic amines) is 1. The molecule has 2 aliphatic rings. The van der Waals surface area contributed by atoms with Crippen LogP contribution in [0.15, 0.2) is 48.0 Å². The number of ether oxygens (including phenoxy) is 2. The van der Waals surface area contributed by atoms with Gasteiger partial charge in [0.15, 0.2) is 0 Å². The second-order valence-electron chi connectivity index (χ2n) is 7.84. The van der Waals surface area contributed by atoms with Gasteiger partial charge in [-0.3, -0.25) is 14.5 Å². The van der Waals surface area contributed by atoms with Crippen molar-refractivity contribution >= 4 is 40.7 Å². The number of Topliss-reactive ketones (excluding diaryl/α,β-unsaturated/α-hetero) is 1. The summed E-state index contributed by atoms with van der Waals surface area (Å²) < 4.78 is 10.6. The third-order valence-corrected chi connectivity index (χ3v) is 6.48. The lowest BCUT2D eigenvalue weighted by atomic mass is 9.95. The molecular formula is C24H24Cl2N2O5. The Morgan fingerprint density at radius 3 is 2.42 bits per heavy atom. The van der Waals surface area contributed by atoms with E-state index in [-0.39, 0.29) is 11.3 Å². The SMILES string of the molecule is COc1ccc(C(O)=C2C(=O)C(=O)N(CCN3CCOCC3)[C@@H]2c2ccc(Cl)cc2Cl)cc1. The quantitative estimate of drug-likeness (QED) is 0.377. The number of benzene rings is 2. The molecule has 0 aliphatic carbocycles. The van der Waals surface area contributed by atoms with Crippen molar-refractivity contribution in [1.29, 1.82) is 0 Å². The third kappa shape index (κ3) is 4.87. The molecule has 174 valence electrons. The van der Waals surface area contributed by atoms with Crippen LogP contribution in [0.25, 0.3) is 5.76 Å². The van der Waals surface area contributed by atoms with Gasteiger partial charge in [-0.15, -0.1) is 0 Å². The summed E-state index contributed by atoms with van der Waals surface area (Å²) in [5, 5.41) is 11.9. The number of nitrogens with zero attached hydrogens (tertiary/aromatic N) is 2. The molecule has 2 aromatic carbocycles. The average Bonchev–Trinajstić information content (AvgIpc) is 3.07. The number of ketones is 1. The Balaban J connectivity index is 1.76. The molecule has 7 nitrogen and oxygen atoms in total. The van der Waals surface area contributed by atoms with E-state index in [1.54, 1.807) is 42.5 Å². The van der Waals surface area contributed by atoms with Crippen molar-refractivity contribution in [2.75, 3.05) is 46.5 Å². The van der Waals surface area contributed by atoms with Gasteiger partial charge in [0.1, 0.15) is 11.5 Å². The predicted molar refractivity (Wildman–Crippen MR) is 126 cm³/mol. The van der Waals surface area contributed by atoms with Crippen LogP contribution >= 0.6 is 23.2 Å². The third-order valence-electron chi connectivity index (χ3n) is 5.92. The maximum atomic E-state index is 13.1. The van der Waals surface area contributed by atoms with Gasteiger partial charge < -0.3 is 19.5 Å². The zero-order chi connectivity index (χ0) is 23.5. The molecule has 0 radical (unpaired) electrons. The molecule has 2 saturated heterocycles. The monoisotopic (exact) mass is 490 g/mol. The standard InChI is InChI=1S/C24H24Cl2N2O5/c1-32-17-5-2-15(3-6-17)22(29)20-21(18-7-4-16(25)14-19(18)26)28(24(31)23(20)30)9-8-27-10-12-33-13-11-27/h2-7,14,21,29H,8-13H2,1H3/t21-/m1/s1. The summed E-state index contributed by atoms with van der Waals surface area (Å²) in [6, 6.07) is 10.7. The zero-order valence-electron chi connectivity index (χ0n) is 18.1. The molecule has 9 heteroatoms. The molecule has 0 unspecified atom stereocenters. The first kappa shape index (κ1) is 23.6. The van der Waals surface area contributed by atoms with Crippen LogP contribution in [0, 0.1) is 0 Å². The van der Waals surface area contributed by atoms with E-state index in [1.165, 1.54) is 12.0 Å². The number of morpholine rings is 1. The lowest BCUT2D eigenvalue weighted by molar-refractivity contribution is -0.140. The molecule has 1 atom stereocenters. The van der Waals surface area contributed by atoms with Gasteiger partial charge >= 0.3 is 0 Å². The minimum absolute atomic E-state index is 0.00336. The first-order valence-electron chi connectivity index (χ1n) is 10.6. The van der Waals surface area contributed by atoms with Gasteiger partial charge in [0.05, 0.1) is 31.9 Å². The molecular weight excluding hydrogens is 467 g/mol. The van der Waals surface area contributed by atoms with Crippen LogP contribution in [-0.4, -0.2) is 73.1 Å². The van der Waals surface area contributed by atoms with Gasteiger partial charge in [-0.2, -0.15) is 0 Å². The van der Waals surface area contributed by atoms with Gasteiger partial charge in [0, 0.05) is 41.8 Å². The molecule has 0 bridgehead atoms. The number of aliphatic hydroxyl groups is 1. The van der Waals surface area contributed by atoms with Crippen LogP contribution in [0.2, 0.25) is 10.0 Å². The van der Waals surface area contributed by atoms with Crippen LogP contribution in [0.3, 0.4) is 0 Å². The number of rotatable bonds is 6. The normalized spacial score (nSPS) is 20.9. The van der Waals surface area contributed by atoms with Crippen molar-refractivity contribution in [1.82, 2.24) is 9.80 Å². The van der Waals surface area contributed by atoms with Gasteiger partial charge in [-0.1, -0.05) is 29.3 Å². The second kappa shape index (κ2) is 10.1. The number of aliphatic hydroxyl groups excluding tert-OH is 1. The lowest BCUT2D eigenvalue weighted by Crippen LogP contribution is -2.42. The molecule has 2 aromatic rings. The number of amides is 1. The number of halogens is 2. The summed E-state index contributed by atoms with van der Waals surface area (Å²) >= 11 is 12.6. The topological polar surface area (TPSA) is 79.3 Å². The Morgan fingerprint density at radius 2 is 1.79 bits per heavy atom. The summed E-state index contributed by atoms with van der Waals surface area (Å²) in [5.41, 5.74) is 0.922. The van der Waals surface area contributed by atoms with E-state index >= 15 is 0 Å². The molecule has 2 heterocycles. The van der Waals surface area contributed by atoms with Crippen molar-refractivity contribution in [3.05, 3.63) is 69.2 Å². The smallest absolute Gasteiger partial charge is 0.295 e. The van der Waals surface area contributed by atoms with Crippen LogP contribution in [0.5, 0.6) is 5.75 Å². The molecule has 33 heavy (non-hydrogen) atoms. The van der Waals surface area contributed by atoms with E-state index in [0.29, 0.717) is 53.2 Å². The zero-order valence-corrected chi connectivity index (χ0v) is 19.6. The molecule has 1 N–H and O–H groups in total. The van der Waals surface area contributed by atoms with E-state index in [2.05, 4.69) is 4.90 Å². The molecule has 2 fully saturated rings. The number of hydrogen-bond donors (Lipinski definition) is 1. The van der Waals surface area contributed by atoms with E-state index in [0.717, 1.165) is 13.1 Å². The highest BCUT2D eigenvalue weighted by molar-refractivity contribution is 6.47. The highest BCUT2D eigenvalue weighted by Crippen LogP contribution is 2.42.